The molecule has 2 aromatic rings. The van der Waals surface area contributed by atoms with Gasteiger partial charge in [0.25, 0.3) is 0 Å². The van der Waals surface area contributed by atoms with Gasteiger partial charge in [0.1, 0.15) is 5.75 Å². The Morgan fingerprint density at radius 2 is 1.93 bits per heavy atom. The Hall–Kier alpha value is -2.66. The third kappa shape index (κ3) is 11.2. The number of esters is 1. The normalized spacial score (nSPS) is 18.7. The van der Waals surface area contributed by atoms with E-state index in [-0.39, 0.29) is 54.9 Å². The average Bonchev–Trinajstić information content (AvgIpc) is 3.34. The first-order valence-corrected chi connectivity index (χ1v) is 15.1. The monoisotopic (exact) mass is 614 g/mol. The number of aromatic nitrogens is 2. The third-order valence-corrected chi connectivity index (χ3v) is 8.38. The second-order valence-electron chi connectivity index (χ2n) is 11.1. The van der Waals surface area contributed by atoms with Crippen molar-refractivity contribution in [2.75, 3.05) is 57.1 Å². The number of phenolic OH excluding ortho intramolecular Hbond substituents is 1. The number of aromatic hydroxyl groups is 1. The zero-order chi connectivity index (χ0) is 32.1. The summed E-state index contributed by atoms with van der Waals surface area (Å²) >= 11 is 0. The van der Waals surface area contributed by atoms with E-state index in [0.29, 0.717) is 61.3 Å². The molecule has 1 aromatic heterocycles. The van der Waals surface area contributed by atoms with Crippen molar-refractivity contribution in [2.24, 2.45) is 11.3 Å². The van der Waals surface area contributed by atoms with Crippen molar-refractivity contribution in [2.45, 2.75) is 38.5 Å². The van der Waals surface area contributed by atoms with Crippen molar-refractivity contribution in [3.8, 4) is 17.0 Å². The number of nitrogens with zero attached hydrogens (tertiary/aromatic N) is 4. The molecule has 1 aliphatic carbocycles. The number of carbonyl (C=O) groups is 1. The first-order chi connectivity index (χ1) is 21.2. The second-order valence-corrected chi connectivity index (χ2v) is 11.1. The number of rotatable bonds is 13. The Kier molecular flexibility index (Phi) is 18.5. The van der Waals surface area contributed by atoms with Gasteiger partial charge in [0, 0.05) is 31.6 Å². The fourth-order valence-electron chi connectivity index (χ4n) is 5.91. The molecular formula is C35H46Li2N5O4-3. The second kappa shape index (κ2) is 20.6. The molecule has 0 amide bonds. The summed E-state index contributed by atoms with van der Waals surface area (Å²) in [5.74, 6) is 1.22. The number of nitrogen functional groups attached to an aromatic ring is 1. The predicted octanol–water partition coefficient (Wildman–Crippen LogP) is -0.571. The van der Waals surface area contributed by atoms with Gasteiger partial charge in [-0.2, -0.15) is 6.42 Å². The molecule has 2 fully saturated rings. The minimum atomic E-state index is -0.185. The minimum Gasteiger partial charge on any atom is -0.532 e. The molecule has 1 aromatic carbocycles. The van der Waals surface area contributed by atoms with Crippen molar-refractivity contribution < 1.29 is 57.1 Å². The smallest absolute Gasteiger partial charge is 0.532 e. The standard InChI is InChI=1S/C30H37N5O2.C5H9O2.2Li/c1-5-24(18-22(4)37-17-16-34(6-2)7-3)30-13-12-23(20-30)21-35(15-14-30)27-19-26(32-33-29(27)31)25-10-8-9-11-28(25)36;1-3-4-5(6)7-2;;/h1,4-5,8-11,18-19,23,36H,2-3,6-7,12-17,20-21H2,(H2,31,33);1,3-4H2,2H3;;/q-4;-1;2*+1/b24-18+;;;/t23?,30-;;;/m1.../s1. The van der Waals surface area contributed by atoms with Gasteiger partial charge in [0.15, 0.2) is 5.82 Å². The van der Waals surface area contributed by atoms with E-state index >= 15 is 0 Å². The number of fused-ring (bicyclic) bond motifs is 2. The SMILES string of the molecule is [CH-]=C/C(=C\C(=[CH-])OCCN(C[CH2-])C[CH2-])[C@]12CCC(CN(c3cc(-c4ccccc4O)nnc3N)CC1)C2.[CH2-]CCC(=O)OC.[Li+].[Li+]. The van der Waals surface area contributed by atoms with Gasteiger partial charge in [-0.1, -0.05) is 36.1 Å². The van der Waals surface area contributed by atoms with Crippen molar-refractivity contribution in [1.82, 2.24) is 15.1 Å². The molecule has 1 saturated carbocycles. The summed E-state index contributed by atoms with van der Waals surface area (Å²) in [6.07, 6.45) is 8.71. The number of hydrogen-bond donors (Lipinski definition) is 2. The quantitative estimate of drug-likeness (QED) is 0.101. The number of anilines is 2. The van der Waals surface area contributed by atoms with E-state index in [4.69, 9.17) is 23.6 Å². The van der Waals surface area contributed by atoms with Crippen LogP contribution in [0.2, 0.25) is 0 Å². The molecule has 3 N–H and O–H groups in total. The zero-order valence-corrected chi connectivity index (χ0v) is 27.9. The first kappa shape index (κ1) is 41.4. The number of phenols is 1. The van der Waals surface area contributed by atoms with E-state index in [0.717, 1.165) is 56.6 Å². The Bertz CT molecular complexity index is 1300. The Balaban J connectivity index is 0.00000106. The maximum atomic E-state index is 10.3. The number of para-hydroxylation sites is 1. The molecule has 2 aliphatic rings. The number of allylic oxidation sites excluding steroid dienone is 3. The Labute approximate surface area is 300 Å². The molecule has 1 saturated heterocycles. The topological polar surface area (TPSA) is 114 Å². The zero-order valence-electron chi connectivity index (χ0n) is 27.9. The summed E-state index contributed by atoms with van der Waals surface area (Å²) < 4.78 is 10.1. The molecule has 1 unspecified atom stereocenters. The van der Waals surface area contributed by atoms with Crippen LogP contribution in [0.1, 0.15) is 38.5 Å². The van der Waals surface area contributed by atoms with Crippen LogP contribution in [0.15, 0.2) is 53.8 Å². The van der Waals surface area contributed by atoms with Crippen LogP contribution >= 0.6 is 0 Å². The summed E-state index contributed by atoms with van der Waals surface area (Å²) in [5.41, 5.74) is 9.32. The van der Waals surface area contributed by atoms with Crippen LogP contribution in [0.4, 0.5) is 11.5 Å². The summed E-state index contributed by atoms with van der Waals surface area (Å²) in [4.78, 5) is 14.5. The Morgan fingerprint density at radius 3 is 2.54 bits per heavy atom. The maximum absolute atomic E-state index is 10.3. The van der Waals surface area contributed by atoms with E-state index in [1.165, 1.54) is 7.11 Å². The van der Waals surface area contributed by atoms with Crippen LogP contribution in [-0.2, 0) is 14.3 Å². The molecule has 9 nitrogen and oxygen atoms in total. The molecule has 4 rings (SSSR count). The van der Waals surface area contributed by atoms with Crippen LogP contribution in [0, 0.1) is 45.3 Å². The van der Waals surface area contributed by atoms with Gasteiger partial charge in [-0.25, -0.2) is 6.08 Å². The van der Waals surface area contributed by atoms with E-state index in [1.54, 1.807) is 18.2 Å². The molecule has 11 heteroatoms. The number of carbonyl (C=O) groups excluding carboxylic acids is 1. The van der Waals surface area contributed by atoms with Gasteiger partial charge in [-0.3, -0.25) is 29.6 Å². The van der Waals surface area contributed by atoms with Crippen molar-refractivity contribution in [1.29, 1.82) is 0 Å². The van der Waals surface area contributed by atoms with Crippen LogP contribution < -0.4 is 48.4 Å². The average molecular weight is 615 g/mol. The number of nitrogens with two attached hydrogens (primary N) is 1. The van der Waals surface area contributed by atoms with Gasteiger partial charge in [0.2, 0.25) is 0 Å². The van der Waals surface area contributed by atoms with Gasteiger partial charge in [-0.15, -0.1) is 23.3 Å². The summed E-state index contributed by atoms with van der Waals surface area (Å²) in [7, 11) is 1.37. The maximum Gasteiger partial charge on any atom is 1.00 e. The van der Waals surface area contributed by atoms with E-state index in [1.807, 2.05) is 24.3 Å². The summed E-state index contributed by atoms with van der Waals surface area (Å²) in [5, 5.41) is 18.8. The van der Waals surface area contributed by atoms with Crippen molar-refractivity contribution >= 4 is 17.5 Å². The fraction of sp³-hybridized carbons (Fsp3) is 0.429. The van der Waals surface area contributed by atoms with Crippen molar-refractivity contribution in [3.63, 3.8) is 0 Å². The predicted molar refractivity (Wildman–Crippen MR) is 175 cm³/mol. The van der Waals surface area contributed by atoms with Crippen LogP contribution in [0.5, 0.6) is 5.75 Å². The number of methoxy groups -OCH3 is 1. The van der Waals surface area contributed by atoms with E-state index in [2.05, 4.69) is 45.5 Å². The molecular weight excluding hydrogens is 568 g/mol. The summed E-state index contributed by atoms with van der Waals surface area (Å²) in [6.45, 7) is 27.9. The van der Waals surface area contributed by atoms with Crippen molar-refractivity contribution in [3.05, 3.63) is 87.7 Å². The molecule has 0 radical (unpaired) electrons. The molecule has 2 heterocycles. The van der Waals surface area contributed by atoms with Gasteiger partial charge in [0.05, 0.1) is 25.1 Å². The van der Waals surface area contributed by atoms with Crippen LogP contribution in [0.3, 0.4) is 0 Å². The first-order valence-electron chi connectivity index (χ1n) is 15.1. The van der Waals surface area contributed by atoms with E-state index < -0.39 is 0 Å². The minimum absolute atomic E-state index is 0. The molecule has 240 valence electrons. The summed E-state index contributed by atoms with van der Waals surface area (Å²) in [6, 6.07) is 9.04. The number of benzene rings is 1. The molecule has 2 atom stereocenters. The van der Waals surface area contributed by atoms with Gasteiger partial charge in [-0.05, 0) is 37.0 Å². The number of hydrogen-bond acceptors (Lipinski definition) is 9. The largest absolute Gasteiger partial charge is 1.00 e. The molecule has 2 bridgehead atoms. The van der Waals surface area contributed by atoms with Gasteiger partial charge < -0.3 is 50.9 Å². The molecule has 46 heavy (non-hydrogen) atoms. The van der Waals surface area contributed by atoms with Crippen LogP contribution in [-0.4, -0.2) is 72.6 Å². The molecule has 1 aliphatic heterocycles. The van der Waals surface area contributed by atoms with E-state index in [9.17, 15) is 9.90 Å². The van der Waals surface area contributed by atoms with Gasteiger partial charge >= 0.3 is 43.7 Å². The number of ether oxygens (including phenoxy) is 2. The fourth-order valence-corrected chi connectivity index (χ4v) is 5.91. The van der Waals surface area contributed by atoms with Crippen LogP contribution in [0.25, 0.3) is 11.3 Å². The third-order valence-electron chi connectivity index (χ3n) is 8.38. The Morgan fingerprint density at radius 1 is 1.22 bits per heavy atom. The molecule has 0 spiro atoms.